The minimum absolute atomic E-state index is 0.481. The summed E-state index contributed by atoms with van der Waals surface area (Å²) in [6.45, 7) is 12.5. The van der Waals surface area contributed by atoms with Gasteiger partial charge in [0.2, 0.25) is 0 Å². The fourth-order valence-corrected chi connectivity index (χ4v) is 3.71. The monoisotopic (exact) mass is 356 g/mol. The standard InChI is InChI=1S/C21H32N4O/c1-4-26-21-17(2)8-7-9-19(21)25-14-12-24(13-15-25)18(3)16-23-20-10-5-6-11-22-20/h5-7,9-11,17-18H,4,8,12-16H2,1-3H3,(H,22,23)/t17?,18-/m1/s1. The van der Waals surface area contributed by atoms with Crippen LogP contribution >= 0.6 is 0 Å². The van der Waals surface area contributed by atoms with Crippen molar-refractivity contribution in [1.29, 1.82) is 0 Å². The molecule has 2 heterocycles. The van der Waals surface area contributed by atoms with Gasteiger partial charge in [-0.25, -0.2) is 4.98 Å². The number of ether oxygens (including phenoxy) is 1. The molecule has 0 amide bonds. The summed E-state index contributed by atoms with van der Waals surface area (Å²) in [6, 6.07) is 6.46. The van der Waals surface area contributed by atoms with Gasteiger partial charge in [-0.3, -0.25) is 4.90 Å². The molecule has 1 aliphatic carbocycles. The van der Waals surface area contributed by atoms with Crippen LogP contribution in [0.25, 0.3) is 0 Å². The molecule has 0 spiro atoms. The molecule has 26 heavy (non-hydrogen) atoms. The molecule has 1 N–H and O–H groups in total. The summed E-state index contributed by atoms with van der Waals surface area (Å²) in [4.78, 5) is 9.39. The first-order chi connectivity index (χ1) is 12.7. The molecule has 0 radical (unpaired) electrons. The van der Waals surface area contributed by atoms with Gasteiger partial charge in [-0.1, -0.05) is 19.1 Å². The van der Waals surface area contributed by atoms with E-state index in [4.69, 9.17) is 4.74 Å². The SMILES string of the molecule is CCOC1=C(N2CCN([C@H](C)CNc3ccccn3)CC2)C=CCC1C. The molecule has 5 heteroatoms. The van der Waals surface area contributed by atoms with Crippen LogP contribution in [-0.2, 0) is 4.74 Å². The Morgan fingerprint density at radius 2 is 2.08 bits per heavy atom. The Morgan fingerprint density at radius 1 is 1.27 bits per heavy atom. The van der Waals surface area contributed by atoms with E-state index in [-0.39, 0.29) is 0 Å². The first-order valence-electron chi connectivity index (χ1n) is 9.86. The quantitative estimate of drug-likeness (QED) is 0.811. The number of pyridine rings is 1. The number of anilines is 1. The van der Waals surface area contributed by atoms with E-state index in [1.165, 1.54) is 11.5 Å². The average molecular weight is 357 g/mol. The molecule has 1 unspecified atom stereocenters. The summed E-state index contributed by atoms with van der Waals surface area (Å²) in [5, 5.41) is 3.44. The number of hydrogen-bond acceptors (Lipinski definition) is 5. The van der Waals surface area contributed by atoms with Crippen molar-refractivity contribution >= 4 is 5.82 Å². The summed E-state index contributed by atoms with van der Waals surface area (Å²) in [5.41, 5.74) is 1.30. The lowest BCUT2D eigenvalue weighted by Gasteiger charge is -2.41. The molecule has 0 bridgehead atoms. The third-order valence-electron chi connectivity index (χ3n) is 5.29. The highest BCUT2D eigenvalue weighted by molar-refractivity contribution is 5.33. The van der Waals surface area contributed by atoms with E-state index in [2.05, 4.69) is 53.0 Å². The zero-order valence-electron chi connectivity index (χ0n) is 16.3. The molecule has 1 saturated heterocycles. The summed E-state index contributed by atoms with van der Waals surface area (Å²) in [5.74, 6) is 2.61. The van der Waals surface area contributed by atoms with Crippen molar-refractivity contribution in [2.45, 2.75) is 33.2 Å². The summed E-state index contributed by atoms with van der Waals surface area (Å²) in [6.07, 6.45) is 7.45. The molecular formula is C21H32N4O. The van der Waals surface area contributed by atoms with Crippen LogP contribution < -0.4 is 5.32 Å². The van der Waals surface area contributed by atoms with E-state index in [0.717, 1.165) is 51.6 Å². The summed E-state index contributed by atoms with van der Waals surface area (Å²) < 4.78 is 5.98. The van der Waals surface area contributed by atoms with E-state index in [0.29, 0.717) is 12.0 Å². The zero-order chi connectivity index (χ0) is 18.4. The van der Waals surface area contributed by atoms with Crippen molar-refractivity contribution in [2.24, 2.45) is 5.92 Å². The molecule has 1 aliphatic heterocycles. The third-order valence-corrected chi connectivity index (χ3v) is 5.29. The largest absolute Gasteiger partial charge is 0.496 e. The van der Waals surface area contributed by atoms with Crippen molar-refractivity contribution in [2.75, 3.05) is 44.6 Å². The van der Waals surface area contributed by atoms with Gasteiger partial charge in [0.25, 0.3) is 0 Å². The fourth-order valence-electron chi connectivity index (χ4n) is 3.71. The molecule has 2 aliphatic rings. The van der Waals surface area contributed by atoms with Crippen molar-refractivity contribution in [1.82, 2.24) is 14.8 Å². The van der Waals surface area contributed by atoms with Crippen LogP contribution in [-0.4, -0.2) is 60.2 Å². The van der Waals surface area contributed by atoms with Gasteiger partial charge in [0.1, 0.15) is 11.6 Å². The maximum atomic E-state index is 5.98. The van der Waals surface area contributed by atoms with E-state index in [1.807, 2.05) is 24.4 Å². The van der Waals surface area contributed by atoms with Crippen LogP contribution in [0.5, 0.6) is 0 Å². The maximum Gasteiger partial charge on any atom is 0.125 e. The second-order valence-corrected chi connectivity index (χ2v) is 7.19. The van der Waals surface area contributed by atoms with Crippen molar-refractivity contribution < 1.29 is 4.74 Å². The van der Waals surface area contributed by atoms with Crippen LogP contribution in [0.3, 0.4) is 0 Å². The molecule has 2 atom stereocenters. The number of allylic oxidation sites excluding steroid dienone is 3. The first kappa shape index (κ1) is 18.8. The number of rotatable bonds is 7. The summed E-state index contributed by atoms with van der Waals surface area (Å²) in [7, 11) is 0. The molecule has 0 saturated carbocycles. The number of hydrogen-bond donors (Lipinski definition) is 1. The minimum atomic E-state index is 0.481. The Hall–Kier alpha value is -2.01. The van der Waals surface area contributed by atoms with Crippen molar-refractivity contribution in [3.8, 4) is 0 Å². The molecule has 1 fully saturated rings. The zero-order valence-corrected chi connectivity index (χ0v) is 16.3. The topological polar surface area (TPSA) is 40.6 Å². The van der Waals surface area contributed by atoms with E-state index < -0.39 is 0 Å². The Balaban J connectivity index is 1.53. The van der Waals surface area contributed by atoms with Gasteiger partial charge in [0.05, 0.1) is 12.3 Å². The maximum absolute atomic E-state index is 5.98. The average Bonchev–Trinajstić information content (AvgIpc) is 2.69. The van der Waals surface area contributed by atoms with Crippen LogP contribution in [0.4, 0.5) is 5.82 Å². The normalized spacial score (nSPS) is 22.4. The van der Waals surface area contributed by atoms with E-state index in [9.17, 15) is 0 Å². The van der Waals surface area contributed by atoms with Gasteiger partial charge >= 0.3 is 0 Å². The van der Waals surface area contributed by atoms with E-state index in [1.54, 1.807) is 0 Å². The first-order valence-corrected chi connectivity index (χ1v) is 9.86. The van der Waals surface area contributed by atoms with Gasteiger partial charge in [0, 0.05) is 50.9 Å². The molecule has 1 aromatic heterocycles. The van der Waals surface area contributed by atoms with Gasteiger partial charge < -0.3 is 15.0 Å². The number of aromatic nitrogens is 1. The van der Waals surface area contributed by atoms with Gasteiger partial charge in [-0.05, 0) is 38.5 Å². The Labute approximate surface area is 157 Å². The fraction of sp³-hybridized carbons (Fsp3) is 0.571. The lowest BCUT2D eigenvalue weighted by molar-refractivity contribution is 0.116. The van der Waals surface area contributed by atoms with Gasteiger partial charge in [-0.2, -0.15) is 0 Å². The third kappa shape index (κ3) is 4.58. The lowest BCUT2D eigenvalue weighted by Crippen LogP contribution is -2.51. The Morgan fingerprint density at radius 3 is 2.77 bits per heavy atom. The molecule has 5 nitrogen and oxygen atoms in total. The molecule has 3 rings (SSSR count). The summed E-state index contributed by atoms with van der Waals surface area (Å²) >= 11 is 0. The smallest absolute Gasteiger partial charge is 0.125 e. The Kier molecular flexibility index (Phi) is 6.56. The minimum Gasteiger partial charge on any atom is -0.496 e. The second-order valence-electron chi connectivity index (χ2n) is 7.19. The van der Waals surface area contributed by atoms with Crippen LogP contribution in [0.2, 0.25) is 0 Å². The molecule has 142 valence electrons. The highest BCUT2D eigenvalue weighted by Crippen LogP contribution is 2.29. The highest BCUT2D eigenvalue weighted by Gasteiger charge is 2.26. The van der Waals surface area contributed by atoms with Crippen LogP contribution in [0.1, 0.15) is 27.2 Å². The highest BCUT2D eigenvalue weighted by atomic mass is 16.5. The number of piperazine rings is 1. The Bertz CT molecular complexity index is 620. The lowest BCUT2D eigenvalue weighted by atomic mass is 9.97. The number of nitrogens with zero attached hydrogens (tertiary/aromatic N) is 3. The number of nitrogens with one attached hydrogen (secondary N) is 1. The van der Waals surface area contributed by atoms with E-state index >= 15 is 0 Å². The van der Waals surface area contributed by atoms with Crippen LogP contribution in [0, 0.1) is 5.92 Å². The predicted octanol–water partition coefficient (Wildman–Crippen LogP) is 3.34. The molecular weight excluding hydrogens is 324 g/mol. The van der Waals surface area contributed by atoms with Crippen molar-refractivity contribution in [3.63, 3.8) is 0 Å². The van der Waals surface area contributed by atoms with Crippen molar-refractivity contribution in [3.05, 3.63) is 48.0 Å². The molecule has 1 aromatic rings. The second kappa shape index (κ2) is 9.08. The van der Waals surface area contributed by atoms with Gasteiger partial charge in [-0.15, -0.1) is 0 Å². The predicted molar refractivity (Wildman–Crippen MR) is 107 cm³/mol. The van der Waals surface area contributed by atoms with Crippen LogP contribution in [0.15, 0.2) is 48.0 Å². The van der Waals surface area contributed by atoms with Gasteiger partial charge in [0.15, 0.2) is 0 Å². The molecule has 0 aromatic carbocycles.